The molecule has 0 saturated carbocycles. The van der Waals surface area contributed by atoms with Gasteiger partial charge in [0.1, 0.15) is 5.75 Å². The van der Waals surface area contributed by atoms with Crippen molar-refractivity contribution in [1.29, 1.82) is 0 Å². The van der Waals surface area contributed by atoms with E-state index in [1.54, 1.807) is 17.5 Å². The average molecular weight is 308 g/mol. The first kappa shape index (κ1) is 15.3. The third kappa shape index (κ3) is 3.93. The average Bonchev–Trinajstić information content (AvgIpc) is 2.95. The van der Waals surface area contributed by atoms with E-state index in [0.29, 0.717) is 24.5 Å². The highest BCUT2D eigenvalue weighted by atomic mass is 32.1. The normalized spacial score (nSPS) is 10.4. The van der Waals surface area contributed by atoms with Crippen LogP contribution in [0.1, 0.15) is 18.1 Å². The summed E-state index contributed by atoms with van der Waals surface area (Å²) in [6, 6.07) is 7.02. The summed E-state index contributed by atoms with van der Waals surface area (Å²) in [6.07, 6.45) is 0. The molecule has 2 rings (SSSR count). The van der Waals surface area contributed by atoms with E-state index in [0.717, 1.165) is 22.6 Å². The van der Waals surface area contributed by atoms with Crippen LogP contribution in [0.3, 0.4) is 0 Å². The van der Waals surface area contributed by atoms with Gasteiger partial charge < -0.3 is 15.2 Å². The van der Waals surface area contributed by atoms with Crippen LogP contribution in [-0.4, -0.2) is 16.6 Å². The molecule has 112 valence electrons. The third-order valence-corrected chi connectivity index (χ3v) is 3.78. The second-order valence-corrected chi connectivity index (χ2v) is 5.21. The Kier molecular flexibility index (Phi) is 5.13. The van der Waals surface area contributed by atoms with E-state index in [-0.39, 0.29) is 11.6 Å². The number of nitrogens with one attached hydrogen (secondary N) is 1. The number of benzene rings is 1. The van der Waals surface area contributed by atoms with Crippen LogP contribution < -0.4 is 10.1 Å². The maximum atomic E-state index is 10.6. The molecule has 0 saturated heterocycles. The Morgan fingerprint density at radius 1 is 1.43 bits per heavy atom. The van der Waals surface area contributed by atoms with Crippen molar-refractivity contribution in [2.45, 2.75) is 20.1 Å². The molecule has 1 heterocycles. The van der Waals surface area contributed by atoms with Crippen molar-refractivity contribution in [3.63, 3.8) is 0 Å². The van der Waals surface area contributed by atoms with Crippen LogP contribution in [0, 0.1) is 10.1 Å². The molecule has 0 aliphatic heterocycles. The van der Waals surface area contributed by atoms with Crippen molar-refractivity contribution in [2.24, 2.45) is 0 Å². The van der Waals surface area contributed by atoms with Crippen LogP contribution in [0.4, 0.5) is 10.7 Å². The van der Waals surface area contributed by atoms with Gasteiger partial charge in [0.25, 0.3) is 0 Å². The van der Waals surface area contributed by atoms with Crippen molar-refractivity contribution in [1.82, 2.24) is 0 Å². The first-order valence-electron chi connectivity index (χ1n) is 6.46. The fourth-order valence-electron chi connectivity index (χ4n) is 1.86. The zero-order valence-electron chi connectivity index (χ0n) is 11.5. The lowest BCUT2D eigenvalue weighted by molar-refractivity contribution is -0.380. The zero-order valence-corrected chi connectivity index (χ0v) is 12.4. The maximum Gasteiger partial charge on any atom is 0.324 e. The van der Waals surface area contributed by atoms with Crippen molar-refractivity contribution in [2.75, 3.05) is 11.9 Å². The van der Waals surface area contributed by atoms with Crippen LogP contribution in [-0.2, 0) is 13.2 Å². The highest BCUT2D eigenvalue weighted by Crippen LogP contribution is 2.25. The van der Waals surface area contributed by atoms with Crippen LogP contribution in [0.25, 0.3) is 0 Å². The molecule has 0 aliphatic carbocycles. The standard InChI is InChI=1S/C14H16N2O4S/c1-2-20-13-4-3-12(6-11(13)8-17)15-7-10-5-14(16(18)19)21-9-10/h3-6,9,15,17H,2,7-8H2,1H3. The number of hydrogen-bond donors (Lipinski definition) is 2. The zero-order chi connectivity index (χ0) is 15.2. The van der Waals surface area contributed by atoms with E-state index in [9.17, 15) is 15.2 Å². The molecule has 6 nitrogen and oxygen atoms in total. The number of hydrogen-bond acceptors (Lipinski definition) is 6. The number of nitrogens with zero attached hydrogens (tertiary/aromatic N) is 1. The minimum atomic E-state index is -0.394. The minimum absolute atomic E-state index is 0.102. The molecule has 0 spiro atoms. The second kappa shape index (κ2) is 7.05. The predicted molar refractivity (Wildman–Crippen MR) is 81.8 cm³/mol. The maximum absolute atomic E-state index is 10.6. The molecule has 0 unspecified atom stereocenters. The lowest BCUT2D eigenvalue weighted by Gasteiger charge is -2.11. The Morgan fingerprint density at radius 2 is 2.24 bits per heavy atom. The Labute approximate surface area is 126 Å². The number of thiophene rings is 1. The molecule has 0 atom stereocenters. The fourth-order valence-corrected chi connectivity index (χ4v) is 2.59. The van der Waals surface area contributed by atoms with Gasteiger partial charge in [-0.05, 0) is 30.7 Å². The number of aliphatic hydroxyl groups excluding tert-OH is 1. The molecular formula is C14H16N2O4S. The van der Waals surface area contributed by atoms with Gasteiger partial charge in [-0.15, -0.1) is 0 Å². The van der Waals surface area contributed by atoms with Gasteiger partial charge in [0.2, 0.25) is 0 Å². The molecule has 0 fully saturated rings. The summed E-state index contributed by atoms with van der Waals surface area (Å²) in [7, 11) is 0. The highest BCUT2D eigenvalue weighted by molar-refractivity contribution is 7.13. The lowest BCUT2D eigenvalue weighted by atomic mass is 10.2. The first-order chi connectivity index (χ1) is 10.1. The molecule has 1 aromatic carbocycles. The second-order valence-electron chi connectivity index (χ2n) is 4.32. The van der Waals surface area contributed by atoms with Gasteiger partial charge in [-0.2, -0.15) is 0 Å². The van der Waals surface area contributed by atoms with E-state index in [1.807, 2.05) is 19.1 Å². The molecule has 2 aromatic rings. The van der Waals surface area contributed by atoms with Crippen molar-refractivity contribution < 1.29 is 14.8 Å². The summed E-state index contributed by atoms with van der Waals surface area (Å²) in [6.45, 7) is 2.81. The third-order valence-electron chi connectivity index (χ3n) is 2.85. The summed E-state index contributed by atoms with van der Waals surface area (Å²) in [5, 5.41) is 25.0. The molecule has 7 heteroatoms. The number of aliphatic hydroxyl groups is 1. The lowest BCUT2D eigenvalue weighted by Crippen LogP contribution is -2.01. The van der Waals surface area contributed by atoms with E-state index in [2.05, 4.69) is 5.32 Å². The monoisotopic (exact) mass is 308 g/mol. The van der Waals surface area contributed by atoms with Gasteiger partial charge in [-0.3, -0.25) is 10.1 Å². The number of nitro groups is 1. The Morgan fingerprint density at radius 3 is 2.86 bits per heavy atom. The Hall–Kier alpha value is -2.12. The van der Waals surface area contributed by atoms with E-state index in [1.165, 1.54) is 0 Å². The number of anilines is 1. The van der Waals surface area contributed by atoms with Crippen molar-refractivity contribution in [3.05, 3.63) is 50.9 Å². The Bertz CT molecular complexity index is 627. The molecule has 1 aromatic heterocycles. The summed E-state index contributed by atoms with van der Waals surface area (Å²) in [5.74, 6) is 0.664. The minimum Gasteiger partial charge on any atom is -0.494 e. The molecule has 0 aliphatic rings. The van der Waals surface area contributed by atoms with Gasteiger partial charge in [0.15, 0.2) is 0 Å². The number of ether oxygens (including phenoxy) is 1. The SMILES string of the molecule is CCOc1ccc(NCc2csc([N+](=O)[O-])c2)cc1CO. The van der Waals surface area contributed by atoms with Crippen LogP contribution >= 0.6 is 11.3 Å². The molecule has 0 radical (unpaired) electrons. The quantitative estimate of drug-likeness (QED) is 0.606. The highest BCUT2D eigenvalue weighted by Gasteiger charge is 2.09. The predicted octanol–water partition coefficient (Wildman–Crippen LogP) is 3.16. The van der Waals surface area contributed by atoms with Crippen LogP contribution in [0.5, 0.6) is 5.75 Å². The molecule has 21 heavy (non-hydrogen) atoms. The van der Waals surface area contributed by atoms with Crippen LogP contribution in [0.15, 0.2) is 29.6 Å². The Balaban J connectivity index is 2.03. The van der Waals surface area contributed by atoms with E-state index < -0.39 is 4.92 Å². The molecule has 2 N–H and O–H groups in total. The molecule has 0 bridgehead atoms. The van der Waals surface area contributed by atoms with Crippen LogP contribution in [0.2, 0.25) is 0 Å². The molecular weight excluding hydrogens is 292 g/mol. The topological polar surface area (TPSA) is 84.6 Å². The van der Waals surface area contributed by atoms with Gasteiger partial charge in [-0.1, -0.05) is 11.3 Å². The van der Waals surface area contributed by atoms with E-state index >= 15 is 0 Å². The number of rotatable bonds is 7. The summed E-state index contributed by atoms with van der Waals surface area (Å²) in [5.41, 5.74) is 2.39. The van der Waals surface area contributed by atoms with Gasteiger partial charge in [0.05, 0.1) is 18.1 Å². The summed E-state index contributed by atoms with van der Waals surface area (Å²) < 4.78 is 5.41. The largest absolute Gasteiger partial charge is 0.494 e. The molecule has 0 amide bonds. The first-order valence-corrected chi connectivity index (χ1v) is 7.34. The smallest absolute Gasteiger partial charge is 0.324 e. The van der Waals surface area contributed by atoms with Gasteiger partial charge in [-0.25, -0.2) is 0 Å². The summed E-state index contributed by atoms with van der Waals surface area (Å²) in [4.78, 5) is 10.2. The van der Waals surface area contributed by atoms with Gasteiger partial charge >= 0.3 is 5.00 Å². The van der Waals surface area contributed by atoms with Gasteiger partial charge in [0, 0.05) is 29.2 Å². The fraction of sp³-hybridized carbons (Fsp3) is 0.286. The van der Waals surface area contributed by atoms with Crippen molar-refractivity contribution in [3.8, 4) is 5.75 Å². The summed E-state index contributed by atoms with van der Waals surface area (Å²) >= 11 is 1.11. The van der Waals surface area contributed by atoms with Crippen molar-refractivity contribution >= 4 is 22.0 Å². The van der Waals surface area contributed by atoms with E-state index in [4.69, 9.17) is 4.74 Å².